The lowest BCUT2D eigenvalue weighted by atomic mass is 10.1. The van der Waals surface area contributed by atoms with Crippen LogP contribution in [0.2, 0.25) is 0 Å². The van der Waals surface area contributed by atoms with Crippen molar-refractivity contribution in [3.63, 3.8) is 0 Å². The summed E-state index contributed by atoms with van der Waals surface area (Å²) in [6.07, 6.45) is 7.49. The monoisotopic (exact) mass is 426 g/mol. The van der Waals surface area contributed by atoms with Gasteiger partial charge in [-0.05, 0) is 11.6 Å². The Morgan fingerprint density at radius 1 is 0.969 bits per heavy atom. The molecule has 1 aromatic carbocycles. The van der Waals surface area contributed by atoms with E-state index in [0.29, 0.717) is 18.3 Å². The second-order valence-electron chi connectivity index (χ2n) is 7.86. The summed E-state index contributed by atoms with van der Waals surface area (Å²) in [5.74, 6) is 0.986. The van der Waals surface area contributed by atoms with Crippen LogP contribution in [0.4, 0.5) is 5.69 Å². The summed E-state index contributed by atoms with van der Waals surface area (Å²) in [5, 5.41) is 1.05. The first-order chi connectivity index (χ1) is 15.8. The number of rotatable bonds is 4. The highest BCUT2D eigenvalue weighted by Gasteiger charge is 2.23. The van der Waals surface area contributed by atoms with Gasteiger partial charge in [0.05, 0.1) is 25.1 Å². The van der Waals surface area contributed by atoms with E-state index in [-0.39, 0.29) is 6.04 Å². The molecule has 4 aromatic rings. The number of fused-ring (bicyclic) bond motifs is 1. The van der Waals surface area contributed by atoms with Crippen molar-refractivity contribution in [3.05, 3.63) is 72.6 Å². The molecule has 1 fully saturated rings. The Hall–Kier alpha value is -3.78. The van der Waals surface area contributed by atoms with Gasteiger partial charge in [0.15, 0.2) is 0 Å². The average molecular weight is 426 g/mol. The molecule has 6 rings (SSSR count). The second-order valence-corrected chi connectivity index (χ2v) is 7.86. The lowest BCUT2D eigenvalue weighted by Gasteiger charge is -2.28. The molecule has 0 bridgehead atoms. The smallest absolute Gasteiger partial charge is 0.255 e. The first kappa shape index (κ1) is 18.9. The van der Waals surface area contributed by atoms with Crippen LogP contribution >= 0.6 is 0 Å². The summed E-state index contributed by atoms with van der Waals surface area (Å²) < 4.78 is 11.2. The highest BCUT2D eigenvalue weighted by Crippen LogP contribution is 2.30. The minimum atomic E-state index is -0.0206. The normalized spacial score (nSPS) is 18.6. The number of ether oxygens (including phenoxy) is 2. The summed E-state index contributed by atoms with van der Waals surface area (Å²) in [5.41, 5.74) is 5.00. The number of benzene rings is 1. The molecule has 1 saturated heterocycles. The molecule has 32 heavy (non-hydrogen) atoms. The van der Waals surface area contributed by atoms with Gasteiger partial charge in [0.2, 0.25) is 5.82 Å². The number of nitrogens with zero attached hydrogens (tertiary/aromatic N) is 5. The molecule has 0 unspecified atom stereocenters. The van der Waals surface area contributed by atoms with Crippen LogP contribution in [0, 0.1) is 0 Å². The third kappa shape index (κ3) is 3.48. The SMILES string of the molecule is c1ccc([C@H]2COC(c3ncc(-c4c[nH]c5ncc(N6CCOCC6)cc45)cn3)=N2)cc1. The second kappa shape index (κ2) is 8.05. The van der Waals surface area contributed by atoms with Crippen LogP contribution in [0.5, 0.6) is 0 Å². The van der Waals surface area contributed by atoms with Crippen molar-refractivity contribution in [2.24, 2.45) is 4.99 Å². The minimum absolute atomic E-state index is 0.0206. The zero-order chi connectivity index (χ0) is 21.3. The number of H-pyrrole nitrogens is 1. The Bertz CT molecular complexity index is 1260. The number of anilines is 1. The molecular weight excluding hydrogens is 404 g/mol. The zero-order valence-electron chi connectivity index (χ0n) is 17.4. The van der Waals surface area contributed by atoms with Crippen molar-refractivity contribution in [2.45, 2.75) is 6.04 Å². The van der Waals surface area contributed by atoms with Gasteiger partial charge in [0, 0.05) is 48.2 Å². The van der Waals surface area contributed by atoms with E-state index in [4.69, 9.17) is 9.47 Å². The largest absolute Gasteiger partial charge is 0.473 e. The van der Waals surface area contributed by atoms with Gasteiger partial charge in [-0.1, -0.05) is 30.3 Å². The molecule has 0 radical (unpaired) electrons. The van der Waals surface area contributed by atoms with Crippen molar-refractivity contribution in [1.82, 2.24) is 19.9 Å². The number of hydrogen-bond acceptors (Lipinski definition) is 7. The van der Waals surface area contributed by atoms with Crippen molar-refractivity contribution in [3.8, 4) is 11.1 Å². The third-order valence-corrected chi connectivity index (χ3v) is 5.88. The maximum Gasteiger partial charge on any atom is 0.255 e. The fourth-order valence-corrected chi connectivity index (χ4v) is 4.15. The van der Waals surface area contributed by atoms with E-state index >= 15 is 0 Å². The molecule has 5 heterocycles. The molecule has 0 saturated carbocycles. The lowest BCUT2D eigenvalue weighted by Crippen LogP contribution is -2.36. The first-order valence-corrected chi connectivity index (χ1v) is 10.7. The number of nitrogens with one attached hydrogen (secondary N) is 1. The van der Waals surface area contributed by atoms with E-state index in [1.54, 1.807) is 0 Å². The van der Waals surface area contributed by atoms with Gasteiger partial charge < -0.3 is 19.4 Å². The molecule has 1 atom stereocenters. The number of aliphatic imine (C=N–C) groups is 1. The van der Waals surface area contributed by atoms with Gasteiger partial charge in [-0.15, -0.1) is 0 Å². The summed E-state index contributed by atoms with van der Waals surface area (Å²) in [7, 11) is 0. The van der Waals surface area contributed by atoms with Crippen LogP contribution in [-0.2, 0) is 9.47 Å². The Balaban J connectivity index is 1.27. The number of pyridine rings is 1. The summed E-state index contributed by atoms with van der Waals surface area (Å²) in [6.45, 7) is 3.73. The Kier molecular flexibility index (Phi) is 4.77. The van der Waals surface area contributed by atoms with E-state index in [1.807, 2.05) is 43.0 Å². The predicted molar refractivity (Wildman–Crippen MR) is 122 cm³/mol. The molecule has 2 aliphatic rings. The highest BCUT2D eigenvalue weighted by atomic mass is 16.5. The number of morpholine rings is 1. The van der Waals surface area contributed by atoms with E-state index in [0.717, 1.165) is 59.7 Å². The van der Waals surface area contributed by atoms with Crippen LogP contribution < -0.4 is 4.90 Å². The van der Waals surface area contributed by atoms with Gasteiger partial charge in [-0.25, -0.2) is 19.9 Å². The number of aromatic amines is 1. The molecule has 8 nitrogen and oxygen atoms in total. The van der Waals surface area contributed by atoms with Crippen molar-refractivity contribution < 1.29 is 9.47 Å². The maximum atomic E-state index is 5.78. The van der Waals surface area contributed by atoms with Crippen LogP contribution in [0.25, 0.3) is 22.2 Å². The highest BCUT2D eigenvalue weighted by molar-refractivity contribution is 5.96. The van der Waals surface area contributed by atoms with E-state index < -0.39 is 0 Å². The van der Waals surface area contributed by atoms with Crippen molar-refractivity contribution in [2.75, 3.05) is 37.8 Å². The average Bonchev–Trinajstić information content (AvgIpc) is 3.53. The Morgan fingerprint density at radius 2 is 1.78 bits per heavy atom. The fraction of sp³-hybridized carbons (Fsp3) is 0.250. The standard InChI is InChI=1S/C24H22N6O2/c1-2-4-16(5-3-1)21-15-32-24(29-21)23-25-11-17(12-26-23)20-14-28-22-19(20)10-18(13-27-22)30-6-8-31-9-7-30/h1-5,10-14,21H,6-9,15H2,(H,27,28)/t21-/m1/s1. The minimum Gasteiger partial charge on any atom is -0.473 e. The maximum absolute atomic E-state index is 5.78. The van der Waals surface area contributed by atoms with Crippen LogP contribution in [0.3, 0.4) is 0 Å². The van der Waals surface area contributed by atoms with Gasteiger partial charge in [0.1, 0.15) is 18.3 Å². The molecule has 8 heteroatoms. The van der Waals surface area contributed by atoms with Crippen LogP contribution in [-0.4, -0.2) is 58.7 Å². The summed E-state index contributed by atoms with van der Waals surface area (Å²) in [6, 6.07) is 12.3. The van der Waals surface area contributed by atoms with E-state index in [9.17, 15) is 0 Å². The Morgan fingerprint density at radius 3 is 2.59 bits per heavy atom. The topological polar surface area (TPSA) is 88.5 Å². The van der Waals surface area contributed by atoms with Crippen LogP contribution in [0.1, 0.15) is 17.4 Å². The van der Waals surface area contributed by atoms with Crippen LogP contribution in [0.15, 0.2) is 66.2 Å². The van der Waals surface area contributed by atoms with Gasteiger partial charge in [-0.3, -0.25) is 0 Å². The quantitative estimate of drug-likeness (QED) is 0.538. The fourth-order valence-electron chi connectivity index (χ4n) is 4.15. The van der Waals surface area contributed by atoms with E-state index in [2.05, 4.69) is 48.0 Å². The molecule has 1 N–H and O–H groups in total. The number of aromatic nitrogens is 4. The molecule has 160 valence electrons. The lowest BCUT2D eigenvalue weighted by molar-refractivity contribution is 0.122. The number of hydrogen-bond donors (Lipinski definition) is 1. The van der Waals surface area contributed by atoms with Gasteiger partial charge in [0.25, 0.3) is 5.90 Å². The van der Waals surface area contributed by atoms with Crippen molar-refractivity contribution >= 4 is 22.6 Å². The molecule has 3 aromatic heterocycles. The molecular formula is C24H22N6O2. The summed E-state index contributed by atoms with van der Waals surface area (Å²) >= 11 is 0. The van der Waals surface area contributed by atoms with Gasteiger partial charge >= 0.3 is 0 Å². The molecule has 0 amide bonds. The summed E-state index contributed by atoms with van der Waals surface area (Å²) in [4.78, 5) is 23.9. The predicted octanol–water partition coefficient (Wildman–Crippen LogP) is 3.37. The third-order valence-electron chi connectivity index (χ3n) is 5.88. The molecule has 0 aliphatic carbocycles. The molecule has 0 spiro atoms. The zero-order valence-corrected chi connectivity index (χ0v) is 17.4. The van der Waals surface area contributed by atoms with E-state index in [1.165, 1.54) is 0 Å². The first-order valence-electron chi connectivity index (χ1n) is 10.7. The molecule has 2 aliphatic heterocycles. The van der Waals surface area contributed by atoms with Gasteiger partial charge in [-0.2, -0.15) is 0 Å². The Labute approximate surface area is 185 Å². The van der Waals surface area contributed by atoms with Crippen molar-refractivity contribution in [1.29, 1.82) is 0 Å².